The van der Waals surface area contributed by atoms with Gasteiger partial charge in [0.1, 0.15) is 6.61 Å². The number of pyridine rings is 1. The summed E-state index contributed by atoms with van der Waals surface area (Å²) in [6.45, 7) is 1.25. The fraction of sp³-hybridized carbons (Fsp3) is 0.294. The van der Waals surface area contributed by atoms with Crippen molar-refractivity contribution in [1.82, 2.24) is 10.3 Å². The smallest absolute Gasteiger partial charge is 0.319 e. The molecule has 0 atom stereocenters. The predicted octanol–water partition coefficient (Wildman–Crippen LogP) is 3.12. The lowest BCUT2D eigenvalue weighted by Gasteiger charge is -2.14. The third kappa shape index (κ3) is 5.72. The standard InChI is InChI=1S/C17H20ClN3O3/c1-23-11-12-24-16-14(18)6-4-7-15(16)21-17(22)20-10-8-13-5-2-3-9-19-13/h2-7,9H,8,10-12H2,1H3,(H2,20,21,22). The van der Waals surface area contributed by atoms with Crippen LogP contribution < -0.4 is 15.4 Å². The van der Waals surface area contributed by atoms with Crippen LogP contribution in [0.25, 0.3) is 0 Å². The van der Waals surface area contributed by atoms with Gasteiger partial charge in [-0.3, -0.25) is 4.98 Å². The first-order valence-electron chi connectivity index (χ1n) is 7.55. The molecule has 0 saturated carbocycles. The van der Waals surface area contributed by atoms with Crippen molar-refractivity contribution < 1.29 is 14.3 Å². The number of methoxy groups -OCH3 is 1. The molecule has 6 nitrogen and oxygen atoms in total. The van der Waals surface area contributed by atoms with Crippen molar-refractivity contribution in [2.24, 2.45) is 0 Å². The normalized spacial score (nSPS) is 10.2. The van der Waals surface area contributed by atoms with E-state index in [-0.39, 0.29) is 6.03 Å². The molecule has 0 bridgehead atoms. The highest BCUT2D eigenvalue weighted by atomic mass is 35.5. The summed E-state index contributed by atoms with van der Waals surface area (Å²) in [6.07, 6.45) is 2.38. The van der Waals surface area contributed by atoms with E-state index in [1.165, 1.54) is 0 Å². The Labute approximate surface area is 146 Å². The van der Waals surface area contributed by atoms with Gasteiger partial charge in [0.25, 0.3) is 0 Å². The lowest BCUT2D eigenvalue weighted by molar-refractivity contribution is 0.146. The van der Waals surface area contributed by atoms with E-state index in [9.17, 15) is 4.79 Å². The van der Waals surface area contributed by atoms with Gasteiger partial charge in [-0.2, -0.15) is 0 Å². The fourth-order valence-corrected chi connectivity index (χ4v) is 2.23. The predicted molar refractivity (Wildman–Crippen MR) is 93.8 cm³/mol. The number of nitrogens with one attached hydrogen (secondary N) is 2. The Morgan fingerprint density at radius 1 is 1.21 bits per heavy atom. The van der Waals surface area contributed by atoms with Crippen molar-refractivity contribution >= 4 is 23.3 Å². The molecule has 0 aliphatic heterocycles. The maximum atomic E-state index is 12.0. The number of carbonyl (C=O) groups is 1. The third-order valence-corrected chi connectivity index (χ3v) is 3.44. The monoisotopic (exact) mass is 349 g/mol. The Morgan fingerprint density at radius 3 is 2.83 bits per heavy atom. The molecule has 128 valence electrons. The molecule has 24 heavy (non-hydrogen) atoms. The maximum Gasteiger partial charge on any atom is 0.319 e. The second-order valence-corrected chi connectivity index (χ2v) is 5.32. The summed E-state index contributed by atoms with van der Waals surface area (Å²) in [7, 11) is 1.59. The number of aromatic nitrogens is 1. The molecular formula is C17H20ClN3O3. The van der Waals surface area contributed by atoms with E-state index in [0.29, 0.717) is 42.6 Å². The lowest BCUT2D eigenvalue weighted by atomic mass is 10.3. The van der Waals surface area contributed by atoms with E-state index >= 15 is 0 Å². The van der Waals surface area contributed by atoms with Crippen molar-refractivity contribution in [3.8, 4) is 5.75 Å². The number of ether oxygens (including phenoxy) is 2. The summed E-state index contributed by atoms with van der Waals surface area (Å²) in [5, 5.41) is 5.95. The van der Waals surface area contributed by atoms with Crippen LogP contribution in [0.3, 0.4) is 0 Å². The van der Waals surface area contributed by atoms with Crippen molar-refractivity contribution in [2.75, 3.05) is 32.2 Å². The zero-order valence-electron chi connectivity index (χ0n) is 13.4. The Kier molecular flexibility index (Phi) is 7.32. The van der Waals surface area contributed by atoms with E-state index < -0.39 is 0 Å². The van der Waals surface area contributed by atoms with E-state index in [1.807, 2.05) is 18.2 Å². The van der Waals surface area contributed by atoms with Crippen LogP contribution in [0, 0.1) is 0 Å². The Hall–Kier alpha value is -2.31. The summed E-state index contributed by atoms with van der Waals surface area (Å²) in [5.41, 5.74) is 1.43. The van der Waals surface area contributed by atoms with Gasteiger partial charge in [0, 0.05) is 32.0 Å². The quantitative estimate of drug-likeness (QED) is 0.718. The van der Waals surface area contributed by atoms with Gasteiger partial charge in [0.15, 0.2) is 5.75 Å². The highest BCUT2D eigenvalue weighted by Crippen LogP contribution is 2.32. The number of hydrogen-bond donors (Lipinski definition) is 2. The molecule has 2 N–H and O–H groups in total. The lowest BCUT2D eigenvalue weighted by Crippen LogP contribution is -2.30. The van der Waals surface area contributed by atoms with Crippen molar-refractivity contribution in [3.05, 3.63) is 53.3 Å². The maximum absolute atomic E-state index is 12.0. The fourth-order valence-electron chi connectivity index (χ4n) is 2.00. The van der Waals surface area contributed by atoms with Gasteiger partial charge < -0.3 is 20.1 Å². The number of rotatable bonds is 8. The number of urea groups is 1. The van der Waals surface area contributed by atoms with Crippen LogP contribution in [0.1, 0.15) is 5.69 Å². The Bertz CT molecular complexity index is 653. The first-order valence-corrected chi connectivity index (χ1v) is 7.93. The molecule has 0 aliphatic carbocycles. The van der Waals surface area contributed by atoms with Crippen LogP contribution in [0.4, 0.5) is 10.5 Å². The van der Waals surface area contributed by atoms with Crippen LogP contribution in [-0.4, -0.2) is 37.9 Å². The van der Waals surface area contributed by atoms with Gasteiger partial charge in [-0.05, 0) is 24.3 Å². The zero-order chi connectivity index (χ0) is 17.2. The molecule has 1 aromatic carbocycles. The largest absolute Gasteiger partial charge is 0.487 e. The minimum atomic E-state index is -0.329. The molecule has 2 rings (SSSR count). The molecular weight excluding hydrogens is 330 g/mol. The molecule has 7 heteroatoms. The van der Waals surface area contributed by atoms with E-state index in [1.54, 1.807) is 31.5 Å². The minimum absolute atomic E-state index is 0.329. The second-order valence-electron chi connectivity index (χ2n) is 4.91. The molecule has 1 heterocycles. The number of carbonyl (C=O) groups excluding carboxylic acids is 1. The number of halogens is 1. The topological polar surface area (TPSA) is 72.5 Å². The molecule has 2 amide bonds. The number of nitrogens with zero attached hydrogens (tertiary/aromatic N) is 1. The van der Waals surface area contributed by atoms with Crippen molar-refractivity contribution in [2.45, 2.75) is 6.42 Å². The van der Waals surface area contributed by atoms with Crippen LogP contribution in [0.2, 0.25) is 5.02 Å². The van der Waals surface area contributed by atoms with E-state index in [2.05, 4.69) is 15.6 Å². The average Bonchev–Trinajstić information content (AvgIpc) is 2.58. The summed E-state index contributed by atoms with van der Waals surface area (Å²) >= 11 is 6.13. The highest BCUT2D eigenvalue weighted by molar-refractivity contribution is 6.32. The molecule has 0 aliphatic rings. The summed E-state index contributed by atoms with van der Waals surface area (Å²) < 4.78 is 10.5. The summed E-state index contributed by atoms with van der Waals surface area (Å²) in [4.78, 5) is 16.2. The van der Waals surface area contributed by atoms with Gasteiger partial charge in [-0.1, -0.05) is 23.7 Å². The van der Waals surface area contributed by atoms with Gasteiger partial charge in [0.05, 0.1) is 17.3 Å². The Balaban J connectivity index is 1.87. The van der Waals surface area contributed by atoms with Crippen LogP contribution in [0.5, 0.6) is 5.75 Å². The number of para-hydroxylation sites is 1. The third-order valence-electron chi connectivity index (χ3n) is 3.14. The summed E-state index contributed by atoms with van der Waals surface area (Å²) in [6, 6.07) is 10.5. The molecule has 0 spiro atoms. The SMILES string of the molecule is COCCOc1c(Cl)cccc1NC(=O)NCCc1ccccn1. The number of anilines is 1. The number of hydrogen-bond acceptors (Lipinski definition) is 4. The average molecular weight is 350 g/mol. The molecule has 1 aromatic heterocycles. The van der Waals surface area contributed by atoms with Crippen molar-refractivity contribution in [1.29, 1.82) is 0 Å². The van der Waals surface area contributed by atoms with Crippen molar-refractivity contribution in [3.63, 3.8) is 0 Å². The second kappa shape index (κ2) is 9.75. The van der Waals surface area contributed by atoms with Crippen LogP contribution in [0.15, 0.2) is 42.6 Å². The van der Waals surface area contributed by atoms with Gasteiger partial charge >= 0.3 is 6.03 Å². The zero-order valence-corrected chi connectivity index (χ0v) is 14.2. The number of amides is 2. The number of benzene rings is 1. The minimum Gasteiger partial charge on any atom is -0.487 e. The van der Waals surface area contributed by atoms with Gasteiger partial charge in [-0.25, -0.2) is 4.79 Å². The summed E-state index contributed by atoms with van der Waals surface area (Å²) in [5.74, 6) is 0.427. The first kappa shape index (κ1) is 18.0. The molecule has 2 aromatic rings. The van der Waals surface area contributed by atoms with Crippen LogP contribution >= 0.6 is 11.6 Å². The van der Waals surface area contributed by atoms with Gasteiger partial charge in [0.2, 0.25) is 0 Å². The molecule has 0 radical (unpaired) electrons. The van der Waals surface area contributed by atoms with Gasteiger partial charge in [-0.15, -0.1) is 0 Å². The molecule has 0 unspecified atom stereocenters. The van der Waals surface area contributed by atoms with Crippen LogP contribution in [-0.2, 0) is 11.2 Å². The molecule has 0 fully saturated rings. The highest BCUT2D eigenvalue weighted by Gasteiger charge is 2.11. The Morgan fingerprint density at radius 2 is 2.08 bits per heavy atom. The molecule has 0 saturated heterocycles. The van der Waals surface area contributed by atoms with E-state index in [4.69, 9.17) is 21.1 Å². The first-order chi connectivity index (χ1) is 11.7. The van der Waals surface area contributed by atoms with E-state index in [0.717, 1.165) is 5.69 Å².